The number of nitrogens with zero attached hydrogens (tertiary/aromatic N) is 2. The molecular formula is C23H22F2N2O2. The van der Waals surface area contributed by atoms with Gasteiger partial charge < -0.3 is 14.2 Å². The van der Waals surface area contributed by atoms with Crippen molar-refractivity contribution in [1.82, 2.24) is 4.90 Å². The Morgan fingerprint density at radius 2 is 1.62 bits per heavy atom. The highest BCUT2D eigenvalue weighted by molar-refractivity contribution is 5.76. The number of hydrogen-bond donors (Lipinski definition) is 0. The number of halogens is 2. The molecular weight excluding hydrogens is 374 g/mol. The van der Waals surface area contributed by atoms with Crippen LogP contribution in [0.3, 0.4) is 0 Å². The summed E-state index contributed by atoms with van der Waals surface area (Å²) in [6, 6.07) is 16.4. The summed E-state index contributed by atoms with van der Waals surface area (Å²) in [6.45, 7) is 2.70. The SMILES string of the molecule is O=C(CCc1ccc(-c2ccccc2F)o1)N1CCN(c2ccc(F)cc2)CC1. The van der Waals surface area contributed by atoms with Gasteiger partial charge in [-0.15, -0.1) is 0 Å². The molecule has 0 radical (unpaired) electrons. The number of benzene rings is 2. The van der Waals surface area contributed by atoms with Crippen molar-refractivity contribution in [2.75, 3.05) is 31.1 Å². The zero-order valence-electron chi connectivity index (χ0n) is 16.0. The molecule has 2 aromatic carbocycles. The highest BCUT2D eigenvalue weighted by Gasteiger charge is 2.21. The van der Waals surface area contributed by atoms with Crippen LogP contribution in [0.2, 0.25) is 0 Å². The Hall–Kier alpha value is -3.15. The highest BCUT2D eigenvalue weighted by atomic mass is 19.1. The molecule has 1 aliphatic heterocycles. The summed E-state index contributed by atoms with van der Waals surface area (Å²) in [6.07, 6.45) is 0.826. The van der Waals surface area contributed by atoms with E-state index in [0.717, 1.165) is 18.8 Å². The molecule has 0 saturated carbocycles. The molecule has 0 N–H and O–H groups in total. The minimum absolute atomic E-state index is 0.0765. The number of carbonyl (C=O) groups is 1. The van der Waals surface area contributed by atoms with Crippen LogP contribution in [0.4, 0.5) is 14.5 Å². The fourth-order valence-corrected chi connectivity index (χ4v) is 3.57. The van der Waals surface area contributed by atoms with Crippen molar-refractivity contribution in [2.24, 2.45) is 0 Å². The van der Waals surface area contributed by atoms with E-state index >= 15 is 0 Å². The second kappa shape index (κ2) is 8.47. The van der Waals surface area contributed by atoms with Crippen LogP contribution >= 0.6 is 0 Å². The van der Waals surface area contributed by atoms with E-state index in [-0.39, 0.29) is 17.5 Å². The average Bonchev–Trinajstić information content (AvgIpc) is 3.22. The van der Waals surface area contributed by atoms with Gasteiger partial charge in [0.2, 0.25) is 5.91 Å². The van der Waals surface area contributed by atoms with Gasteiger partial charge in [-0.2, -0.15) is 0 Å². The summed E-state index contributed by atoms with van der Waals surface area (Å²) in [4.78, 5) is 16.5. The first kappa shape index (κ1) is 19.2. The third-order valence-corrected chi connectivity index (χ3v) is 5.21. The second-order valence-electron chi connectivity index (χ2n) is 7.09. The third kappa shape index (κ3) is 4.47. The van der Waals surface area contributed by atoms with Crippen LogP contribution in [0.5, 0.6) is 0 Å². The zero-order chi connectivity index (χ0) is 20.2. The zero-order valence-corrected chi connectivity index (χ0v) is 16.0. The molecule has 4 nitrogen and oxygen atoms in total. The summed E-state index contributed by atoms with van der Waals surface area (Å²) < 4.78 is 32.7. The molecule has 2 heterocycles. The first-order valence-electron chi connectivity index (χ1n) is 9.72. The van der Waals surface area contributed by atoms with E-state index in [9.17, 15) is 13.6 Å². The molecule has 1 aliphatic rings. The molecule has 1 amide bonds. The monoisotopic (exact) mass is 396 g/mol. The van der Waals surface area contributed by atoms with E-state index in [2.05, 4.69) is 4.90 Å². The number of aryl methyl sites for hydroxylation is 1. The quantitative estimate of drug-likeness (QED) is 0.637. The Kier molecular flexibility index (Phi) is 5.60. The maximum Gasteiger partial charge on any atom is 0.223 e. The van der Waals surface area contributed by atoms with Crippen LogP contribution in [-0.2, 0) is 11.2 Å². The summed E-state index contributed by atoms with van der Waals surface area (Å²) in [5.41, 5.74) is 1.39. The molecule has 1 aromatic heterocycles. The number of carbonyl (C=O) groups excluding carboxylic acids is 1. The lowest BCUT2D eigenvalue weighted by molar-refractivity contribution is -0.131. The Morgan fingerprint density at radius 1 is 0.897 bits per heavy atom. The van der Waals surface area contributed by atoms with Gasteiger partial charge in [-0.25, -0.2) is 8.78 Å². The van der Waals surface area contributed by atoms with Gasteiger partial charge in [0.15, 0.2) is 0 Å². The number of rotatable bonds is 5. The number of amides is 1. The van der Waals surface area contributed by atoms with Crippen LogP contribution in [0.1, 0.15) is 12.2 Å². The van der Waals surface area contributed by atoms with Crippen molar-refractivity contribution >= 4 is 11.6 Å². The van der Waals surface area contributed by atoms with Crippen molar-refractivity contribution in [3.05, 3.63) is 78.1 Å². The standard InChI is InChI=1S/C23H22F2N2O2/c24-17-5-7-18(8-6-17)26-13-15-27(16-14-26)23(28)12-10-19-9-11-22(29-19)20-3-1-2-4-21(20)25/h1-9,11H,10,12-16H2. The van der Waals surface area contributed by atoms with Crippen molar-refractivity contribution in [3.8, 4) is 11.3 Å². The molecule has 3 aromatic rings. The highest BCUT2D eigenvalue weighted by Crippen LogP contribution is 2.25. The summed E-state index contributed by atoms with van der Waals surface area (Å²) in [5, 5.41) is 0. The van der Waals surface area contributed by atoms with Crippen molar-refractivity contribution < 1.29 is 18.0 Å². The lowest BCUT2D eigenvalue weighted by Crippen LogP contribution is -2.48. The number of anilines is 1. The second-order valence-corrected chi connectivity index (χ2v) is 7.09. The molecule has 0 aliphatic carbocycles. The minimum Gasteiger partial charge on any atom is -0.461 e. The molecule has 150 valence electrons. The molecule has 1 fully saturated rings. The van der Waals surface area contributed by atoms with Gasteiger partial charge in [-0.1, -0.05) is 12.1 Å². The van der Waals surface area contributed by atoms with Crippen LogP contribution in [-0.4, -0.2) is 37.0 Å². The lowest BCUT2D eigenvalue weighted by Gasteiger charge is -2.36. The van der Waals surface area contributed by atoms with E-state index in [0.29, 0.717) is 43.0 Å². The molecule has 0 spiro atoms. The smallest absolute Gasteiger partial charge is 0.223 e. The Bertz CT molecular complexity index is 977. The van der Waals surface area contributed by atoms with E-state index in [1.165, 1.54) is 18.2 Å². The Balaban J connectivity index is 1.29. The van der Waals surface area contributed by atoms with E-state index in [1.54, 1.807) is 42.5 Å². The van der Waals surface area contributed by atoms with Crippen LogP contribution in [0.25, 0.3) is 11.3 Å². The fraction of sp³-hybridized carbons (Fsp3) is 0.261. The Morgan fingerprint density at radius 3 is 2.34 bits per heavy atom. The molecule has 6 heteroatoms. The van der Waals surface area contributed by atoms with Crippen LogP contribution in [0.15, 0.2) is 65.1 Å². The number of hydrogen-bond acceptors (Lipinski definition) is 3. The predicted molar refractivity (Wildman–Crippen MR) is 108 cm³/mol. The molecule has 0 atom stereocenters. The largest absolute Gasteiger partial charge is 0.461 e. The third-order valence-electron chi connectivity index (χ3n) is 5.21. The van der Waals surface area contributed by atoms with Crippen LogP contribution in [0, 0.1) is 11.6 Å². The van der Waals surface area contributed by atoms with E-state index in [4.69, 9.17) is 4.42 Å². The molecule has 1 saturated heterocycles. The lowest BCUT2D eigenvalue weighted by atomic mass is 10.1. The number of furan rings is 1. The fourth-order valence-electron chi connectivity index (χ4n) is 3.57. The van der Waals surface area contributed by atoms with Gasteiger partial charge in [0.1, 0.15) is 23.2 Å². The van der Waals surface area contributed by atoms with Gasteiger partial charge in [-0.3, -0.25) is 4.79 Å². The molecule has 0 unspecified atom stereocenters. The van der Waals surface area contributed by atoms with Crippen molar-refractivity contribution in [2.45, 2.75) is 12.8 Å². The molecule has 4 rings (SSSR count). The normalized spacial score (nSPS) is 14.3. The van der Waals surface area contributed by atoms with E-state index in [1.807, 2.05) is 4.90 Å². The van der Waals surface area contributed by atoms with Crippen LogP contribution < -0.4 is 4.90 Å². The Labute approximate surface area is 168 Å². The topological polar surface area (TPSA) is 36.7 Å². The first-order valence-corrected chi connectivity index (χ1v) is 9.72. The molecule has 29 heavy (non-hydrogen) atoms. The summed E-state index contributed by atoms with van der Waals surface area (Å²) >= 11 is 0. The molecule has 0 bridgehead atoms. The van der Waals surface area contributed by atoms with Crippen molar-refractivity contribution in [3.63, 3.8) is 0 Å². The summed E-state index contributed by atoms with van der Waals surface area (Å²) in [5.74, 6) is 0.634. The first-order chi connectivity index (χ1) is 14.1. The van der Waals surface area contributed by atoms with Crippen molar-refractivity contribution in [1.29, 1.82) is 0 Å². The van der Waals surface area contributed by atoms with Gasteiger partial charge >= 0.3 is 0 Å². The van der Waals surface area contributed by atoms with Gasteiger partial charge in [-0.05, 0) is 48.5 Å². The number of piperazine rings is 1. The maximum absolute atomic E-state index is 13.9. The average molecular weight is 396 g/mol. The minimum atomic E-state index is -0.330. The van der Waals surface area contributed by atoms with Gasteiger partial charge in [0.25, 0.3) is 0 Å². The van der Waals surface area contributed by atoms with E-state index < -0.39 is 0 Å². The predicted octanol–water partition coefficient (Wildman–Crippen LogP) is 4.51. The maximum atomic E-state index is 13.9. The summed E-state index contributed by atoms with van der Waals surface area (Å²) in [7, 11) is 0. The van der Waals surface area contributed by atoms with Gasteiger partial charge in [0.05, 0.1) is 5.56 Å². The van der Waals surface area contributed by atoms with Gasteiger partial charge in [0, 0.05) is 44.7 Å².